The van der Waals surface area contributed by atoms with Crippen molar-refractivity contribution in [3.63, 3.8) is 0 Å². The molecule has 0 aliphatic carbocycles. The number of rotatable bonds is 9. The second-order valence-electron chi connectivity index (χ2n) is 4.70. The highest BCUT2D eigenvalue weighted by Gasteiger charge is 2.14. The molecule has 0 aliphatic rings. The molecule has 4 heteroatoms. The molecule has 0 fully saturated rings. The van der Waals surface area contributed by atoms with Crippen molar-refractivity contribution in [2.24, 2.45) is 0 Å². The molecule has 2 nitrogen and oxygen atoms in total. The Labute approximate surface area is 126 Å². The normalized spacial score (nSPS) is 12.9. The number of furan rings is 1. The molecule has 1 N–H and O–H groups in total. The van der Waals surface area contributed by atoms with E-state index in [0.717, 1.165) is 17.3 Å². The average Bonchev–Trinajstić information content (AvgIpc) is 2.68. The Hall–Kier alpha value is 0.200. The van der Waals surface area contributed by atoms with Gasteiger partial charge in [0.2, 0.25) is 0 Å². The highest BCUT2D eigenvalue weighted by Crippen LogP contribution is 2.31. The maximum absolute atomic E-state index is 9.96. The smallest absolute Gasteiger partial charge is 0.183 e. The van der Waals surface area contributed by atoms with Gasteiger partial charge in [0.25, 0.3) is 0 Å². The Morgan fingerprint density at radius 2 is 1.72 bits per heavy atom. The van der Waals surface area contributed by atoms with E-state index >= 15 is 0 Å². The molecule has 0 saturated carbocycles. The van der Waals surface area contributed by atoms with Crippen LogP contribution in [-0.4, -0.2) is 5.11 Å². The van der Waals surface area contributed by atoms with E-state index in [4.69, 9.17) is 4.42 Å². The molecule has 104 valence electrons. The summed E-state index contributed by atoms with van der Waals surface area (Å²) in [5.74, 6) is 0.639. The van der Waals surface area contributed by atoms with Crippen LogP contribution in [0.5, 0.6) is 0 Å². The summed E-state index contributed by atoms with van der Waals surface area (Å²) in [6.07, 6.45) is 9.13. The average molecular weight is 382 g/mol. The molecular formula is C14H22Br2O2. The van der Waals surface area contributed by atoms with Crippen molar-refractivity contribution >= 4 is 31.9 Å². The zero-order valence-electron chi connectivity index (χ0n) is 10.9. The first-order valence-electron chi connectivity index (χ1n) is 6.78. The van der Waals surface area contributed by atoms with Crippen LogP contribution in [0, 0.1) is 0 Å². The minimum Gasteiger partial charge on any atom is -0.450 e. The van der Waals surface area contributed by atoms with E-state index in [1.165, 1.54) is 38.5 Å². The molecule has 0 saturated heterocycles. The molecule has 0 radical (unpaired) electrons. The standard InChI is InChI=1S/C14H22Br2O2/c1-2-3-4-5-6-7-8-9-12(17)13-10-11(15)14(16)18-13/h10,12,17H,2-9H2,1H3. The van der Waals surface area contributed by atoms with Gasteiger partial charge in [-0.15, -0.1) is 0 Å². The summed E-state index contributed by atoms with van der Waals surface area (Å²) in [5.41, 5.74) is 0. The van der Waals surface area contributed by atoms with E-state index in [-0.39, 0.29) is 0 Å². The van der Waals surface area contributed by atoms with Gasteiger partial charge >= 0.3 is 0 Å². The fourth-order valence-electron chi connectivity index (χ4n) is 1.96. The molecule has 0 aromatic carbocycles. The van der Waals surface area contributed by atoms with E-state index in [1.807, 2.05) is 6.07 Å². The lowest BCUT2D eigenvalue weighted by Gasteiger charge is -2.07. The second kappa shape index (κ2) is 9.16. The van der Waals surface area contributed by atoms with Gasteiger partial charge in [0.15, 0.2) is 4.67 Å². The van der Waals surface area contributed by atoms with E-state index < -0.39 is 6.10 Å². The first-order valence-corrected chi connectivity index (χ1v) is 8.36. The number of halogens is 2. The van der Waals surface area contributed by atoms with Gasteiger partial charge in [-0.3, -0.25) is 0 Å². The summed E-state index contributed by atoms with van der Waals surface area (Å²) < 4.78 is 6.91. The number of unbranched alkanes of at least 4 members (excludes halogenated alkanes) is 6. The molecule has 0 spiro atoms. The zero-order chi connectivity index (χ0) is 13.4. The Balaban J connectivity index is 2.12. The lowest BCUT2D eigenvalue weighted by molar-refractivity contribution is 0.135. The van der Waals surface area contributed by atoms with Crippen molar-refractivity contribution in [2.45, 2.75) is 64.4 Å². The van der Waals surface area contributed by atoms with Gasteiger partial charge in [-0.05, 0) is 44.3 Å². The van der Waals surface area contributed by atoms with Crippen LogP contribution in [0.25, 0.3) is 0 Å². The van der Waals surface area contributed by atoms with Crippen LogP contribution in [0.3, 0.4) is 0 Å². The SMILES string of the molecule is CCCCCCCCCC(O)c1cc(Br)c(Br)o1. The summed E-state index contributed by atoms with van der Waals surface area (Å²) in [6.45, 7) is 2.23. The van der Waals surface area contributed by atoms with Crippen LogP contribution in [-0.2, 0) is 0 Å². The number of aliphatic hydroxyl groups is 1. The molecule has 1 unspecified atom stereocenters. The maximum Gasteiger partial charge on any atom is 0.183 e. The van der Waals surface area contributed by atoms with Gasteiger partial charge in [-0.25, -0.2) is 0 Å². The van der Waals surface area contributed by atoms with Crippen LogP contribution in [0.2, 0.25) is 0 Å². The predicted molar refractivity (Wildman–Crippen MR) is 81.7 cm³/mol. The lowest BCUT2D eigenvalue weighted by atomic mass is 10.1. The van der Waals surface area contributed by atoms with Crippen LogP contribution < -0.4 is 0 Å². The highest BCUT2D eigenvalue weighted by atomic mass is 79.9. The van der Waals surface area contributed by atoms with Gasteiger partial charge in [0.1, 0.15) is 11.9 Å². The quantitative estimate of drug-likeness (QED) is 0.533. The number of hydrogen-bond acceptors (Lipinski definition) is 2. The van der Waals surface area contributed by atoms with Gasteiger partial charge in [0, 0.05) is 0 Å². The minimum atomic E-state index is -0.483. The third-order valence-electron chi connectivity index (χ3n) is 3.07. The lowest BCUT2D eigenvalue weighted by Crippen LogP contribution is -1.95. The van der Waals surface area contributed by atoms with Crippen molar-refractivity contribution in [1.29, 1.82) is 0 Å². The third kappa shape index (κ3) is 5.89. The summed E-state index contributed by atoms with van der Waals surface area (Å²) in [4.78, 5) is 0. The number of aliphatic hydroxyl groups excluding tert-OH is 1. The van der Waals surface area contributed by atoms with Crippen LogP contribution in [0.15, 0.2) is 19.6 Å². The van der Waals surface area contributed by atoms with Gasteiger partial charge in [0.05, 0.1) is 4.47 Å². The molecule has 1 aromatic rings. The van der Waals surface area contributed by atoms with E-state index in [1.54, 1.807) is 0 Å². The Morgan fingerprint density at radius 3 is 2.28 bits per heavy atom. The topological polar surface area (TPSA) is 33.4 Å². The molecule has 1 rings (SSSR count). The summed E-state index contributed by atoms with van der Waals surface area (Å²) in [6, 6.07) is 1.83. The zero-order valence-corrected chi connectivity index (χ0v) is 14.1. The maximum atomic E-state index is 9.96. The van der Waals surface area contributed by atoms with Gasteiger partial charge in [-0.1, -0.05) is 51.9 Å². The van der Waals surface area contributed by atoms with Crippen LogP contribution in [0.4, 0.5) is 0 Å². The van der Waals surface area contributed by atoms with Gasteiger partial charge < -0.3 is 9.52 Å². The molecule has 1 aromatic heterocycles. The molecule has 1 atom stereocenters. The minimum absolute atomic E-state index is 0.483. The molecule has 0 amide bonds. The Bertz CT molecular complexity index is 317. The first kappa shape index (κ1) is 16.3. The van der Waals surface area contributed by atoms with Crippen LogP contribution in [0.1, 0.15) is 70.2 Å². The molecule has 0 aliphatic heterocycles. The predicted octanol–water partition coefficient (Wildman–Crippen LogP) is 5.98. The van der Waals surface area contributed by atoms with E-state index in [0.29, 0.717) is 10.4 Å². The fourth-order valence-corrected chi connectivity index (χ4v) is 2.57. The highest BCUT2D eigenvalue weighted by molar-refractivity contribution is 9.13. The summed E-state index contributed by atoms with van der Waals surface area (Å²) >= 11 is 6.63. The molecule has 0 bridgehead atoms. The van der Waals surface area contributed by atoms with Crippen LogP contribution >= 0.6 is 31.9 Å². The van der Waals surface area contributed by atoms with E-state index in [2.05, 4.69) is 38.8 Å². The fraction of sp³-hybridized carbons (Fsp3) is 0.714. The van der Waals surface area contributed by atoms with Crippen molar-refractivity contribution in [3.8, 4) is 0 Å². The van der Waals surface area contributed by atoms with Gasteiger partial charge in [-0.2, -0.15) is 0 Å². The molecule has 18 heavy (non-hydrogen) atoms. The second-order valence-corrected chi connectivity index (χ2v) is 6.27. The van der Waals surface area contributed by atoms with Crippen molar-refractivity contribution < 1.29 is 9.52 Å². The monoisotopic (exact) mass is 380 g/mol. The van der Waals surface area contributed by atoms with Crippen molar-refractivity contribution in [2.75, 3.05) is 0 Å². The molecular weight excluding hydrogens is 360 g/mol. The Kier molecular flexibility index (Phi) is 8.27. The Morgan fingerprint density at radius 1 is 1.11 bits per heavy atom. The molecule has 1 heterocycles. The summed E-state index contributed by atoms with van der Waals surface area (Å²) in [5, 5.41) is 9.96. The van der Waals surface area contributed by atoms with Crippen molar-refractivity contribution in [1.82, 2.24) is 0 Å². The first-order chi connectivity index (χ1) is 8.65. The number of hydrogen-bond donors (Lipinski definition) is 1. The largest absolute Gasteiger partial charge is 0.450 e. The summed E-state index contributed by atoms with van der Waals surface area (Å²) in [7, 11) is 0. The van der Waals surface area contributed by atoms with E-state index in [9.17, 15) is 5.11 Å². The third-order valence-corrected chi connectivity index (χ3v) is 4.78. The van der Waals surface area contributed by atoms with Crippen molar-refractivity contribution in [3.05, 3.63) is 21.0 Å².